The Balaban J connectivity index is 1.84. The van der Waals surface area contributed by atoms with Crippen LogP contribution in [0, 0.1) is 11.8 Å². The van der Waals surface area contributed by atoms with Gasteiger partial charge in [0.05, 0.1) is 36.6 Å². The van der Waals surface area contributed by atoms with Gasteiger partial charge in [-0.15, -0.1) is 0 Å². The molecular weight excluding hydrogens is 368 g/mol. The second-order valence-electron chi connectivity index (χ2n) is 7.15. The summed E-state index contributed by atoms with van der Waals surface area (Å²) in [6.07, 6.45) is -7.54. The third-order valence-electron chi connectivity index (χ3n) is 5.60. The quantitative estimate of drug-likeness (QED) is 0.251. The van der Waals surface area contributed by atoms with Gasteiger partial charge in [-0.2, -0.15) is 0 Å². The van der Waals surface area contributed by atoms with Crippen LogP contribution in [0.3, 0.4) is 0 Å². The van der Waals surface area contributed by atoms with Crippen molar-refractivity contribution in [1.82, 2.24) is 0 Å². The third-order valence-corrected chi connectivity index (χ3v) is 5.60. The van der Waals surface area contributed by atoms with Crippen LogP contribution in [0.4, 0.5) is 0 Å². The Morgan fingerprint density at radius 2 is 1.89 bits per heavy atom. The summed E-state index contributed by atoms with van der Waals surface area (Å²) in [4.78, 5) is 11.4. The van der Waals surface area contributed by atoms with Gasteiger partial charge in [0.2, 0.25) is 6.29 Å². The van der Waals surface area contributed by atoms with Gasteiger partial charge in [-0.25, -0.2) is 4.79 Å². The predicted octanol–water partition coefficient (Wildman–Crippen LogP) is -3.12. The zero-order valence-electron chi connectivity index (χ0n) is 14.3. The van der Waals surface area contributed by atoms with Gasteiger partial charge in [-0.3, -0.25) is 0 Å². The molecule has 2 fully saturated rings. The van der Waals surface area contributed by atoms with E-state index in [1.807, 2.05) is 0 Å². The number of ether oxygens (including phenoxy) is 3. The van der Waals surface area contributed by atoms with Crippen molar-refractivity contribution >= 4 is 5.97 Å². The van der Waals surface area contributed by atoms with E-state index >= 15 is 0 Å². The average Bonchev–Trinajstić information content (AvgIpc) is 3.01. The van der Waals surface area contributed by atoms with Crippen LogP contribution in [0.25, 0.3) is 0 Å². The summed E-state index contributed by atoms with van der Waals surface area (Å²) in [5, 5.41) is 68.6. The normalized spacial score (nSPS) is 47.1. The van der Waals surface area contributed by atoms with Crippen molar-refractivity contribution in [2.75, 3.05) is 13.2 Å². The van der Waals surface area contributed by atoms with E-state index in [4.69, 9.17) is 14.2 Å². The van der Waals surface area contributed by atoms with Crippen molar-refractivity contribution in [2.45, 2.75) is 55.4 Å². The van der Waals surface area contributed by atoms with Crippen LogP contribution in [0.5, 0.6) is 0 Å². The molecule has 7 N–H and O–H groups in total. The third kappa shape index (κ3) is 3.45. The summed E-state index contributed by atoms with van der Waals surface area (Å²) >= 11 is 0. The summed E-state index contributed by atoms with van der Waals surface area (Å²) in [6, 6.07) is 0. The highest BCUT2D eigenvalue weighted by atomic mass is 16.8. The van der Waals surface area contributed by atoms with Gasteiger partial charge < -0.3 is 50.0 Å². The molecule has 3 aliphatic rings. The topological polar surface area (TPSA) is 186 Å². The van der Waals surface area contributed by atoms with Crippen LogP contribution in [-0.2, 0) is 19.0 Å². The molecule has 2 heterocycles. The molecule has 0 aromatic heterocycles. The lowest BCUT2D eigenvalue weighted by Crippen LogP contribution is -2.61. The molecule has 1 saturated heterocycles. The van der Waals surface area contributed by atoms with Crippen molar-refractivity contribution in [3.8, 4) is 0 Å². The second kappa shape index (κ2) is 7.60. The van der Waals surface area contributed by atoms with Crippen molar-refractivity contribution in [2.24, 2.45) is 11.8 Å². The van der Waals surface area contributed by atoms with E-state index in [9.17, 15) is 40.5 Å². The smallest absolute Gasteiger partial charge is 0.334 e. The van der Waals surface area contributed by atoms with Crippen LogP contribution in [0.2, 0.25) is 0 Å². The van der Waals surface area contributed by atoms with Crippen molar-refractivity contribution in [1.29, 1.82) is 0 Å². The van der Waals surface area contributed by atoms with Crippen LogP contribution < -0.4 is 0 Å². The van der Waals surface area contributed by atoms with E-state index in [0.29, 0.717) is 0 Å². The Labute approximate surface area is 154 Å². The molecule has 9 unspecified atom stereocenters. The molecule has 1 aliphatic carbocycles. The van der Waals surface area contributed by atoms with E-state index in [-0.39, 0.29) is 18.4 Å². The van der Waals surface area contributed by atoms with Crippen molar-refractivity contribution in [3.05, 3.63) is 11.8 Å². The van der Waals surface area contributed by atoms with Gasteiger partial charge in [-0.05, 0) is 12.8 Å². The molecule has 0 radical (unpaired) electrons. The number of fused-ring (bicyclic) bond motifs is 1. The van der Waals surface area contributed by atoms with E-state index in [1.54, 1.807) is 0 Å². The van der Waals surface area contributed by atoms with Crippen LogP contribution in [0.1, 0.15) is 12.8 Å². The molecule has 3 rings (SSSR count). The Morgan fingerprint density at radius 1 is 1.19 bits per heavy atom. The standard InChI is InChI=1S/C16H24O11/c17-3-8-10(19)11(20)12(21)15(26-8)27-14-9-6(1-2-16(9,24)5-18)7(4-25-14)13(22)23/h4,6,8-12,14-15,17-21,24H,1-3,5H2,(H,22,23). The minimum atomic E-state index is -1.68. The number of hydrogen-bond acceptors (Lipinski definition) is 10. The van der Waals surface area contributed by atoms with E-state index in [2.05, 4.69) is 0 Å². The van der Waals surface area contributed by atoms with Gasteiger partial charge in [0.1, 0.15) is 24.4 Å². The van der Waals surface area contributed by atoms with Crippen LogP contribution >= 0.6 is 0 Å². The van der Waals surface area contributed by atoms with Gasteiger partial charge >= 0.3 is 5.97 Å². The lowest BCUT2D eigenvalue weighted by molar-refractivity contribution is -0.347. The summed E-state index contributed by atoms with van der Waals surface area (Å²) in [5.74, 6) is -2.85. The number of carbonyl (C=O) groups is 1. The molecule has 0 aromatic rings. The predicted molar refractivity (Wildman–Crippen MR) is 83.7 cm³/mol. The lowest BCUT2D eigenvalue weighted by atomic mass is 9.80. The molecule has 9 atom stereocenters. The Bertz CT molecular complexity index is 593. The minimum Gasteiger partial charge on any atom is -0.478 e. The number of hydrogen-bond donors (Lipinski definition) is 7. The zero-order chi connectivity index (χ0) is 19.9. The molecule has 0 amide bonds. The number of carboxylic acids is 1. The first kappa shape index (κ1) is 20.4. The molecule has 0 spiro atoms. The fourth-order valence-electron chi connectivity index (χ4n) is 4.05. The Morgan fingerprint density at radius 3 is 2.48 bits per heavy atom. The number of rotatable bonds is 5. The average molecular weight is 392 g/mol. The van der Waals surface area contributed by atoms with E-state index in [0.717, 1.165) is 6.26 Å². The first-order valence-corrected chi connectivity index (χ1v) is 8.61. The molecule has 27 heavy (non-hydrogen) atoms. The van der Waals surface area contributed by atoms with E-state index < -0.39 is 73.6 Å². The molecule has 0 aromatic carbocycles. The Hall–Kier alpha value is -1.31. The monoisotopic (exact) mass is 392 g/mol. The maximum atomic E-state index is 11.4. The second-order valence-corrected chi connectivity index (χ2v) is 7.15. The van der Waals surface area contributed by atoms with Crippen molar-refractivity contribution < 1.29 is 54.8 Å². The summed E-state index contributed by atoms with van der Waals surface area (Å²) in [7, 11) is 0. The lowest BCUT2D eigenvalue weighted by Gasteiger charge is -2.44. The number of aliphatic hydroxyl groups is 6. The minimum absolute atomic E-state index is 0.0713. The van der Waals surface area contributed by atoms with Gasteiger partial charge in [0, 0.05) is 5.92 Å². The summed E-state index contributed by atoms with van der Waals surface area (Å²) in [5.41, 5.74) is -1.74. The maximum Gasteiger partial charge on any atom is 0.334 e. The molecule has 2 aliphatic heterocycles. The Kier molecular flexibility index (Phi) is 5.75. The number of aliphatic carboxylic acids is 1. The highest BCUT2D eigenvalue weighted by molar-refractivity contribution is 5.87. The SMILES string of the molecule is O=C(O)C1=COC(OC2OC(CO)C(O)C(O)C2O)C2C1CCC2(O)CO. The summed E-state index contributed by atoms with van der Waals surface area (Å²) in [6.45, 7) is -1.30. The zero-order valence-corrected chi connectivity index (χ0v) is 14.3. The molecule has 11 nitrogen and oxygen atoms in total. The van der Waals surface area contributed by atoms with Gasteiger partial charge in [0.25, 0.3) is 0 Å². The van der Waals surface area contributed by atoms with Gasteiger partial charge in [-0.1, -0.05) is 0 Å². The van der Waals surface area contributed by atoms with Crippen LogP contribution in [-0.4, -0.2) is 97.5 Å². The fraction of sp³-hybridized carbons (Fsp3) is 0.812. The fourth-order valence-corrected chi connectivity index (χ4v) is 4.05. The molecular formula is C16H24O11. The first-order valence-electron chi connectivity index (χ1n) is 8.61. The number of carboxylic acid groups (broad SMARTS) is 1. The largest absolute Gasteiger partial charge is 0.478 e. The number of aliphatic hydroxyl groups excluding tert-OH is 5. The van der Waals surface area contributed by atoms with Crippen LogP contribution in [0.15, 0.2) is 11.8 Å². The highest BCUT2D eigenvalue weighted by Crippen LogP contribution is 2.49. The molecule has 154 valence electrons. The molecule has 11 heteroatoms. The van der Waals surface area contributed by atoms with Gasteiger partial charge in [0.15, 0.2) is 6.29 Å². The molecule has 1 saturated carbocycles. The first-order chi connectivity index (χ1) is 12.7. The maximum absolute atomic E-state index is 11.4. The highest BCUT2D eigenvalue weighted by Gasteiger charge is 2.57. The van der Waals surface area contributed by atoms with E-state index in [1.165, 1.54) is 0 Å². The summed E-state index contributed by atoms with van der Waals surface area (Å²) < 4.78 is 16.1. The van der Waals surface area contributed by atoms with Crippen molar-refractivity contribution in [3.63, 3.8) is 0 Å². The molecule has 0 bridgehead atoms.